The van der Waals surface area contributed by atoms with Gasteiger partial charge in [-0.3, -0.25) is 9.36 Å². The predicted octanol–water partition coefficient (Wildman–Crippen LogP) is 5.01. The third kappa shape index (κ3) is 6.01. The second-order valence-electron chi connectivity index (χ2n) is 8.19. The number of amides is 1. The molecule has 0 aliphatic heterocycles. The molecular formula is C25H29N5O2S. The summed E-state index contributed by atoms with van der Waals surface area (Å²) in [7, 11) is 1.62. The molecule has 172 valence electrons. The monoisotopic (exact) mass is 463 g/mol. The van der Waals surface area contributed by atoms with Gasteiger partial charge in [-0.1, -0.05) is 73.0 Å². The number of ether oxygens (including phenoxy) is 1. The molecule has 8 heteroatoms. The standard InChI is InChI=1S/C25H29N5O2S/c1-18-11-13-20(14-12-18)24-28-29-25(30(24)21-8-4-3-5-9-21)33-17-23(31)27-26-16-19-7-6-10-22(15-19)32-2/h6-7,10-16,21H,3-5,8-9,17H2,1-2H3,(H,27,31). The van der Waals surface area contributed by atoms with Crippen molar-refractivity contribution in [1.82, 2.24) is 20.2 Å². The fraction of sp³-hybridized carbons (Fsp3) is 0.360. The van der Waals surface area contributed by atoms with Crippen LogP contribution in [-0.2, 0) is 4.79 Å². The first-order valence-corrected chi connectivity index (χ1v) is 12.2. The smallest absolute Gasteiger partial charge is 0.250 e. The zero-order chi connectivity index (χ0) is 23.0. The van der Waals surface area contributed by atoms with Crippen LogP contribution in [0.25, 0.3) is 11.4 Å². The average molecular weight is 464 g/mol. The van der Waals surface area contributed by atoms with E-state index in [1.54, 1.807) is 13.3 Å². The number of carbonyl (C=O) groups is 1. The van der Waals surface area contributed by atoms with Crippen LogP contribution in [0.2, 0.25) is 0 Å². The predicted molar refractivity (Wildman–Crippen MR) is 132 cm³/mol. The van der Waals surface area contributed by atoms with Gasteiger partial charge in [-0.25, -0.2) is 5.43 Å². The lowest BCUT2D eigenvalue weighted by Gasteiger charge is -2.25. The Morgan fingerprint density at radius 2 is 1.97 bits per heavy atom. The summed E-state index contributed by atoms with van der Waals surface area (Å²) in [6.07, 6.45) is 7.52. The van der Waals surface area contributed by atoms with E-state index in [9.17, 15) is 4.79 Å². The van der Waals surface area contributed by atoms with Crippen molar-refractivity contribution in [2.24, 2.45) is 5.10 Å². The number of hydrazone groups is 1. The van der Waals surface area contributed by atoms with Gasteiger partial charge in [-0.15, -0.1) is 10.2 Å². The average Bonchev–Trinajstić information content (AvgIpc) is 3.28. The van der Waals surface area contributed by atoms with Gasteiger partial charge in [-0.05, 0) is 37.5 Å². The first-order valence-electron chi connectivity index (χ1n) is 11.2. The van der Waals surface area contributed by atoms with E-state index in [4.69, 9.17) is 4.74 Å². The Labute approximate surface area is 198 Å². The number of nitrogens with zero attached hydrogens (tertiary/aromatic N) is 4. The van der Waals surface area contributed by atoms with Gasteiger partial charge >= 0.3 is 0 Å². The van der Waals surface area contributed by atoms with Gasteiger partial charge in [0.1, 0.15) is 5.75 Å². The number of rotatable bonds is 8. The zero-order valence-corrected chi connectivity index (χ0v) is 19.8. The maximum atomic E-state index is 12.4. The molecule has 4 rings (SSSR count). The van der Waals surface area contributed by atoms with Crippen LogP contribution in [0, 0.1) is 6.92 Å². The highest BCUT2D eigenvalue weighted by Gasteiger charge is 2.24. The van der Waals surface area contributed by atoms with E-state index in [-0.39, 0.29) is 11.7 Å². The molecule has 1 fully saturated rings. The van der Waals surface area contributed by atoms with Crippen molar-refractivity contribution in [2.75, 3.05) is 12.9 Å². The van der Waals surface area contributed by atoms with Crippen molar-refractivity contribution in [3.05, 3.63) is 59.7 Å². The van der Waals surface area contributed by atoms with Crippen molar-refractivity contribution in [1.29, 1.82) is 0 Å². The Morgan fingerprint density at radius 3 is 2.73 bits per heavy atom. The van der Waals surface area contributed by atoms with Crippen LogP contribution >= 0.6 is 11.8 Å². The van der Waals surface area contributed by atoms with Crippen molar-refractivity contribution in [3.63, 3.8) is 0 Å². The molecule has 1 amide bonds. The molecule has 0 unspecified atom stereocenters. The highest BCUT2D eigenvalue weighted by atomic mass is 32.2. The first kappa shape index (κ1) is 23.0. The normalized spacial score (nSPS) is 14.5. The summed E-state index contributed by atoms with van der Waals surface area (Å²) in [5.74, 6) is 1.65. The van der Waals surface area contributed by atoms with Crippen LogP contribution in [0.3, 0.4) is 0 Å². The van der Waals surface area contributed by atoms with Gasteiger partial charge < -0.3 is 4.74 Å². The molecule has 0 bridgehead atoms. The molecule has 7 nitrogen and oxygen atoms in total. The van der Waals surface area contributed by atoms with Crippen molar-refractivity contribution < 1.29 is 9.53 Å². The number of thioether (sulfide) groups is 1. The zero-order valence-electron chi connectivity index (χ0n) is 19.0. The summed E-state index contributed by atoms with van der Waals surface area (Å²) in [6.45, 7) is 2.08. The molecule has 1 aliphatic rings. The minimum absolute atomic E-state index is 0.186. The number of nitrogens with one attached hydrogen (secondary N) is 1. The third-order valence-corrected chi connectivity index (χ3v) is 6.69. The molecule has 1 saturated carbocycles. The second kappa shape index (κ2) is 11.1. The maximum absolute atomic E-state index is 12.4. The van der Waals surface area contributed by atoms with E-state index in [1.165, 1.54) is 36.6 Å². The number of benzene rings is 2. The minimum atomic E-state index is -0.186. The number of hydrogen-bond acceptors (Lipinski definition) is 6. The van der Waals surface area contributed by atoms with E-state index in [0.29, 0.717) is 6.04 Å². The fourth-order valence-corrected chi connectivity index (χ4v) is 4.80. The van der Waals surface area contributed by atoms with Crippen LogP contribution in [0.4, 0.5) is 0 Å². The number of methoxy groups -OCH3 is 1. The van der Waals surface area contributed by atoms with Gasteiger partial charge in [-0.2, -0.15) is 5.10 Å². The Hall–Kier alpha value is -3.13. The molecule has 0 saturated heterocycles. The van der Waals surface area contributed by atoms with E-state index in [1.807, 2.05) is 24.3 Å². The van der Waals surface area contributed by atoms with Crippen LogP contribution in [-0.4, -0.2) is 39.7 Å². The van der Waals surface area contributed by atoms with E-state index >= 15 is 0 Å². The minimum Gasteiger partial charge on any atom is -0.497 e. The molecular weight excluding hydrogens is 434 g/mol. The van der Waals surface area contributed by atoms with Crippen molar-refractivity contribution >= 4 is 23.9 Å². The van der Waals surface area contributed by atoms with Crippen LogP contribution in [0.1, 0.15) is 49.3 Å². The SMILES string of the molecule is COc1cccc(C=NNC(=O)CSc2nnc(-c3ccc(C)cc3)n2C2CCCCC2)c1. The summed E-state index contributed by atoms with van der Waals surface area (Å²) in [5.41, 5.74) is 5.71. The topological polar surface area (TPSA) is 81.4 Å². The summed E-state index contributed by atoms with van der Waals surface area (Å²) >= 11 is 1.40. The molecule has 1 N–H and O–H groups in total. The number of aromatic nitrogens is 3. The summed E-state index contributed by atoms with van der Waals surface area (Å²) in [4.78, 5) is 12.4. The number of carbonyl (C=O) groups excluding carboxylic acids is 1. The van der Waals surface area contributed by atoms with E-state index < -0.39 is 0 Å². The first-order chi connectivity index (χ1) is 16.1. The Balaban J connectivity index is 1.44. The maximum Gasteiger partial charge on any atom is 0.250 e. The third-order valence-electron chi connectivity index (χ3n) is 5.74. The molecule has 1 aromatic heterocycles. The lowest BCUT2D eigenvalue weighted by Crippen LogP contribution is -2.20. The quantitative estimate of drug-likeness (QED) is 0.288. The molecule has 0 radical (unpaired) electrons. The molecule has 1 aliphatic carbocycles. The summed E-state index contributed by atoms with van der Waals surface area (Å²) < 4.78 is 7.44. The summed E-state index contributed by atoms with van der Waals surface area (Å²) in [6, 6.07) is 16.2. The molecule has 33 heavy (non-hydrogen) atoms. The van der Waals surface area contributed by atoms with Gasteiger partial charge in [0.05, 0.1) is 19.1 Å². The molecule has 1 heterocycles. The Kier molecular flexibility index (Phi) is 7.78. The fourth-order valence-electron chi connectivity index (χ4n) is 4.01. The molecule has 0 atom stereocenters. The highest BCUT2D eigenvalue weighted by molar-refractivity contribution is 7.99. The lowest BCUT2D eigenvalue weighted by atomic mass is 9.95. The highest BCUT2D eigenvalue weighted by Crippen LogP contribution is 2.35. The van der Waals surface area contributed by atoms with Gasteiger partial charge in [0, 0.05) is 11.6 Å². The number of aryl methyl sites for hydroxylation is 1. The Bertz CT molecular complexity index is 1100. The van der Waals surface area contributed by atoms with Crippen molar-refractivity contribution in [3.8, 4) is 17.1 Å². The second-order valence-corrected chi connectivity index (χ2v) is 9.14. The van der Waals surface area contributed by atoms with Crippen LogP contribution in [0.15, 0.2) is 58.8 Å². The Morgan fingerprint density at radius 1 is 1.18 bits per heavy atom. The van der Waals surface area contributed by atoms with Gasteiger partial charge in [0.15, 0.2) is 11.0 Å². The van der Waals surface area contributed by atoms with Crippen LogP contribution < -0.4 is 10.2 Å². The largest absolute Gasteiger partial charge is 0.497 e. The number of hydrogen-bond donors (Lipinski definition) is 1. The van der Waals surface area contributed by atoms with Gasteiger partial charge in [0.2, 0.25) is 0 Å². The molecule has 0 spiro atoms. The molecule has 2 aromatic carbocycles. The molecule has 3 aromatic rings. The van der Waals surface area contributed by atoms with Crippen molar-refractivity contribution in [2.45, 2.75) is 50.2 Å². The lowest BCUT2D eigenvalue weighted by molar-refractivity contribution is -0.118. The van der Waals surface area contributed by atoms with E-state index in [2.05, 4.69) is 56.5 Å². The van der Waals surface area contributed by atoms with Crippen LogP contribution in [0.5, 0.6) is 5.75 Å². The van der Waals surface area contributed by atoms with E-state index in [0.717, 1.165) is 40.7 Å². The van der Waals surface area contributed by atoms with Gasteiger partial charge in [0.25, 0.3) is 5.91 Å². The summed E-state index contributed by atoms with van der Waals surface area (Å²) in [5, 5.41) is 13.8.